The fraction of sp³-hybridized carbons (Fsp3) is 0.476. The second kappa shape index (κ2) is 12.0. The molecule has 31 heavy (non-hydrogen) atoms. The van der Waals surface area contributed by atoms with Crippen molar-refractivity contribution < 1.29 is 28.7 Å². The number of nitrogens with zero attached hydrogens (tertiary/aromatic N) is 1. The van der Waals surface area contributed by atoms with Crippen LogP contribution in [0, 0.1) is 0 Å². The molecule has 0 aromatic heterocycles. The van der Waals surface area contributed by atoms with E-state index >= 15 is 0 Å². The highest BCUT2D eigenvalue weighted by atomic mass is 32.1. The number of thiocarbonyl (C=S) groups is 1. The van der Waals surface area contributed by atoms with Gasteiger partial charge in [0.1, 0.15) is 6.04 Å². The lowest BCUT2D eigenvalue weighted by atomic mass is 10.1. The molecule has 1 fully saturated rings. The predicted molar refractivity (Wildman–Crippen MR) is 116 cm³/mol. The number of amides is 2. The van der Waals surface area contributed by atoms with E-state index in [9.17, 15) is 19.2 Å². The average Bonchev–Trinajstić information content (AvgIpc) is 2.77. The molecule has 0 aliphatic carbocycles. The molecule has 1 heterocycles. The summed E-state index contributed by atoms with van der Waals surface area (Å²) in [6.07, 6.45) is 2.57. The second-order valence-corrected chi connectivity index (χ2v) is 7.35. The average molecular weight is 450 g/mol. The third kappa shape index (κ3) is 7.02. The zero-order chi connectivity index (χ0) is 22.8. The lowest BCUT2D eigenvalue weighted by Crippen LogP contribution is -2.60. The fourth-order valence-corrected chi connectivity index (χ4v) is 3.34. The van der Waals surface area contributed by atoms with Crippen molar-refractivity contribution in [1.82, 2.24) is 15.5 Å². The molecule has 1 aromatic carbocycles. The summed E-state index contributed by atoms with van der Waals surface area (Å²) in [5, 5.41) is 5.33. The fourth-order valence-electron chi connectivity index (χ4n) is 3.03. The quantitative estimate of drug-likeness (QED) is 0.348. The molecule has 0 saturated carbocycles. The SMILES string of the molecule is CCCCCOC(=O)CC1C(=O)NCCN1C(=S)NC(=O)c1ccc(C(=O)OC)cc1. The van der Waals surface area contributed by atoms with Gasteiger partial charge in [0.2, 0.25) is 5.91 Å². The number of piperazine rings is 1. The molecule has 10 heteroatoms. The number of methoxy groups -OCH3 is 1. The minimum Gasteiger partial charge on any atom is -0.466 e. The molecule has 1 saturated heterocycles. The van der Waals surface area contributed by atoms with E-state index in [4.69, 9.17) is 17.0 Å². The van der Waals surface area contributed by atoms with Gasteiger partial charge in [-0.3, -0.25) is 19.7 Å². The summed E-state index contributed by atoms with van der Waals surface area (Å²) in [6.45, 7) is 3.04. The molecule has 0 spiro atoms. The Morgan fingerprint density at radius 1 is 1.19 bits per heavy atom. The van der Waals surface area contributed by atoms with Crippen LogP contribution >= 0.6 is 12.2 Å². The molecular weight excluding hydrogens is 422 g/mol. The van der Waals surface area contributed by atoms with Crippen LogP contribution in [-0.4, -0.2) is 66.6 Å². The third-order valence-electron chi connectivity index (χ3n) is 4.75. The number of benzene rings is 1. The van der Waals surface area contributed by atoms with Gasteiger partial charge in [-0.1, -0.05) is 19.8 Å². The molecule has 0 bridgehead atoms. The first-order valence-electron chi connectivity index (χ1n) is 10.1. The first kappa shape index (κ1) is 24.3. The molecule has 168 valence electrons. The number of ether oxygens (including phenoxy) is 2. The smallest absolute Gasteiger partial charge is 0.337 e. The molecule has 0 radical (unpaired) electrons. The van der Waals surface area contributed by atoms with Gasteiger partial charge in [-0.25, -0.2) is 4.79 Å². The lowest BCUT2D eigenvalue weighted by molar-refractivity contribution is -0.147. The van der Waals surface area contributed by atoms with Gasteiger partial charge < -0.3 is 19.7 Å². The minimum atomic E-state index is -0.859. The third-order valence-corrected chi connectivity index (χ3v) is 5.09. The summed E-state index contributed by atoms with van der Waals surface area (Å²) in [5.74, 6) is -1.84. The summed E-state index contributed by atoms with van der Waals surface area (Å²) in [4.78, 5) is 50.0. The summed E-state index contributed by atoms with van der Waals surface area (Å²) >= 11 is 5.33. The van der Waals surface area contributed by atoms with Gasteiger partial charge in [0.25, 0.3) is 5.91 Å². The maximum atomic E-state index is 12.5. The molecule has 2 N–H and O–H groups in total. The van der Waals surface area contributed by atoms with Gasteiger partial charge in [-0.15, -0.1) is 0 Å². The van der Waals surface area contributed by atoms with Gasteiger partial charge in [0, 0.05) is 18.7 Å². The topological polar surface area (TPSA) is 114 Å². The zero-order valence-corrected chi connectivity index (χ0v) is 18.5. The summed E-state index contributed by atoms with van der Waals surface area (Å²) < 4.78 is 9.83. The van der Waals surface area contributed by atoms with E-state index in [1.165, 1.54) is 36.3 Å². The van der Waals surface area contributed by atoms with Gasteiger partial charge in [-0.05, 0) is 42.9 Å². The van der Waals surface area contributed by atoms with Crippen molar-refractivity contribution >= 4 is 41.1 Å². The van der Waals surface area contributed by atoms with E-state index in [-0.39, 0.29) is 23.0 Å². The van der Waals surface area contributed by atoms with Crippen molar-refractivity contribution in [2.75, 3.05) is 26.8 Å². The largest absolute Gasteiger partial charge is 0.466 e. The van der Waals surface area contributed by atoms with E-state index in [1.54, 1.807) is 0 Å². The highest BCUT2D eigenvalue weighted by molar-refractivity contribution is 7.80. The number of unbranched alkanes of at least 4 members (excludes halogenated alkanes) is 2. The molecule has 1 unspecified atom stereocenters. The molecule has 1 aromatic rings. The Morgan fingerprint density at radius 3 is 2.52 bits per heavy atom. The van der Waals surface area contributed by atoms with Crippen LogP contribution in [0.3, 0.4) is 0 Å². The van der Waals surface area contributed by atoms with Crippen LogP contribution in [0.5, 0.6) is 0 Å². The van der Waals surface area contributed by atoms with Crippen molar-refractivity contribution in [2.45, 2.75) is 38.6 Å². The van der Waals surface area contributed by atoms with Crippen LogP contribution in [0.1, 0.15) is 53.3 Å². The Morgan fingerprint density at radius 2 is 1.87 bits per heavy atom. The second-order valence-electron chi connectivity index (χ2n) is 6.96. The molecule has 2 rings (SSSR count). The first-order valence-corrected chi connectivity index (χ1v) is 10.5. The van der Waals surface area contributed by atoms with Crippen LogP contribution in [0.4, 0.5) is 0 Å². The number of hydrogen-bond acceptors (Lipinski definition) is 7. The molecule has 9 nitrogen and oxygen atoms in total. The van der Waals surface area contributed by atoms with Crippen molar-refractivity contribution in [3.63, 3.8) is 0 Å². The Kier molecular flexibility index (Phi) is 9.39. The van der Waals surface area contributed by atoms with Gasteiger partial charge in [0.15, 0.2) is 5.11 Å². The summed E-state index contributed by atoms with van der Waals surface area (Å²) in [7, 11) is 1.27. The van der Waals surface area contributed by atoms with Gasteiger partial charge >= 0.3 is 11.9 Å². The minimum absolute atomic E-state index is 0.0423. The van der Waals surface area contributed by atoms with Crippen LogP contribution in [0.2, 0.25) is 0 Å². The highest BCUT2D eigenvalue weighted by Crippen LogP contribution is 2.12. The summed E-state index contributed by atoms with van der Waals surface area (Å²) in [5.41, 5.74) is 0.593. The highest BCUT2D eigenvalue weighted by Gasteiger charge is 2.34. The number of hydrogen-bond donors (Lipinski definition) is 2. The van der Waals surface area contributed by atoms with E-state index in [2.05, 4.69) is 22.3 Å². The predicted octanol–water partition coefficient (Wildman–Crippen LogP) is 1.41. The Bertz CT molecular complexity index is 827. The van der Waals surface area contributed by atoms with Crippen molar-refractivity contribution in [3.8, 4) is 0 Å². The van der Waals surface area contributed by atoms with Crippen LogP contribution < -0.4 is 10.6 Å². The van der Waals surface area contributed by atoms with Crippen molar-refractivity contribution in [2.24, 2.45) is 0 Å². The Balaban J connectivity index is 1.98. The number of carbonyl (C=O) groups excluding carboxylic acids is 4. The number of nitrogens with one attached hydrogen (secondary N) is 2. The summed E-state index contributed by atoms with van der Waals surface area (Å²) in [6, 6.07) is 5.02. The normalized spacial score (nSPS) is 15.6. The first-order chi connectivity index (χ1) is 14.9. The number of esters is 2. The van der Waals surface area contributed by atoms with E-state index < -0.39 is 23.9 Å². The maximum Gasteiger partial charge on any atom is 0.337 e. The standard InChI is InChI=1S/C21H27N3O6S/c1-3-4-5-12-30-17(25)13-16-19(27)22-10-11-24(16)21(31)23-18(26)14-6-8-15(9-7-14)20(28)29-2/h6-9,16H,3-5,10-13H2,1-2H3,(H,22,27)(H,23,26,31). The van der Waals surface area contributed by atoms with Gasteiger partial charge in [0.05, 0.1) is 25.7 Å². The van der Waals surface area contributed by atoms with Gasteiger partial charge in [-0.2, -0.15) is 0 Å². The van der Waals surface area contributed by atoms with Crippen molar-refractivity contribution in [1.29, 1.82) is 0 Å². The molecule has 1 atom stereocenters. The number of rotatable bonds is 8. The van der Waals surface area contributed by atoms with E-state index in [0.717, 1.165) is 19.3 Å². The van der Waals surface area contributed by atoms with Crippen molar-refractivity contribution in [3.05, 3.63) is 35.4 Å². The van der Waals surface area contributed by atoms with E-state index in [0.29, 0.717) is 25.3 Å². The Hall–Kier alpha value is -3.01. The van der Waals surface area contributed by atoms with Crippen LogP contribution in [-0.2, 0) is 19.1 Å². The van der Waals surface area contributed by atoms with Crippen LogP contribution in [0.15, 0.2) is 24.3 Å². The van der Waals surface area contributed by atoms with Crippen LogP contribution in [0.25, 0.3) is 0 Å². The number of carbonyl (C=O) groups is 4. The maximum absolute atomic E-state index is 12.5. The molecular formula is C21H27N3O6S. The monoisotopic (exact) mass is 449 g/mol. The molecule has 1 aliphatic heterocycles. The zero-order valence-electron chi connectivity index (χ0n) is 17.6. The molecule has 1 aliphatic rings. The Labute approximate surface area is 186 Å². The molecule has 2 amide bonds. The van der Waals surface area contributed by atoms with E-state index in [1.807, 2.05) is 0 Å². The lowest BCUT2D eigenvalue weighted by Gasteiger charge is -2.36.